The number of carbonyl (C=O) groups excluding carboxylic acids is 1. The minimum atomic E-state index is -0.964. The summed E-state index contributed by atoms with van der Waals surface area (Å²) in [4.78, 5) is 10.5. The quantitative estimate of drug-likeness (QED) is 0.329. The molecule has 0 saturated carbocycles. The third kappa shape index (κ3) is 2.47. The highest BCUT2D eigenvalue weighted by molar-refractivity contribution is 8.01. The lowest BCUT2D eigenvalue weighted by Gasteiger charge is -2.11. The molecule has 0 bridgehead atoms. The van der Waals surface area contributed by atoms with E-state index >= 15 is 0 Å². The molecule has 0 rings (SSSR count). The Labute approximate surface area is 59.4 Å². The predicted molar refractivity (Wildman–Crippen MR) is 38.4 cm³/mol. The minimum absolute atomic E-state index is 0.441. The van der Waals surface area contributed by atoms with Gasteiger partial charge in [-0.25, -0.2) is 4.79 Å². The van der Waals surface area contributed by atoms with E-state index in [0.717, 1.165) is 0 Å². The lowest BCUT2D eigenvalue weighted by Crippen LogP contribution is -2.23. The summed E-state index contributed by atoms with van der Waals surface area (Å²) < 4.78 is 3.36. The standard InChI is InChI=1S/C4H8O2S2/c1-4(7,8)3(5)6-2/h7-8H,1-2H3. The Hall–Kier alpha value is 0.170. The molecule has 0 aromatic heterocycles. The molecule has 4 heteroatoms. The van der Waals surface area contributed by atoms with Crippen LogP contribution >= 0.6 is 25.3 Å². The van der Waals surface area contributed by atoms with Crippen LogP contribution in [0.3, 0.4) is 0 Å². The smallest absolute Gasteiger partial charge is 0.331 e. The Balaban J connectivity index is 3.82. The Kier molecular flexibility index (Phi) is 2.70. The molecular weight excluding hydrogens is 144 g/mol. The van der Waals surface area contributed by atoms with Gasteiger partial charge in [-0.15, -0.1) is 0 Å². The predicted octanol–water partition coefficient (Wildman–Crippen LogP) is 0.735. The van der Waals surface area contributed by atoms with Crippen molar-refractivity contribution in [1.82, 2.24) is 0 Å². The maximum Gasteiger partial charge on any atom is 0.331 e. The van der Waals surface area contributed by atoms with E-state index < -0.39 is 10.0 Å². The van der Waals surface area contributed by atoms with Gasteiger partial charge in [-0.2, -0.15) is 25.3 Å². The highest BCUT2D eigenvalue weighted by Gasteiger charge is 2.23. The van der Waals surface area contributed by atoms with Gasteiger partial charge in [0.2, 0.25) is 0 Å². The van der Waals surface area contributed by atoms with Crippen molar-refractivity contribution in [2.75, 3.05) is 7.11 Å². The zero-order chi connectivity index (χ0) is 6.78. The second-order valence-electron chi connectivity index (χ2n) is 1.51. The maximum absolute atomic E-state index is 10.5. The third-order valence-corrected chi connectivity index (χ3v) is 0.937. The van der Waals surface area contributed by atoms with Crippen molar-refractivity contribution >= 4 is 31.2 Å². The van der Waals surface area contributed by atoms with E-state index in [4.69, 9.17) is 0 Å². The van der Waals surface area contributed by atoms with Gasteiger partial charge in [0.05, 0.1) is 7.11 Å². The van der Waals surface area contributed by atoms with Gasteiger partial charge in [-0.1, -0.05) is 0 Å². The summed E-state index contributed by atoms with van der Waals surface area (Å²) in [7, 11) is 1.30. The van der Waals surface area contributed by atoms with Gasteiger partial charge < -0.3 is 4.74 Å². The van der Waals surface area contributed by atoms with Gasteiger partial charge in [-0.05, 0) is 6.92 Å². The summed E-state index contributed by atoms with van der Waals surface area (Å²) in [5.74, 6) is -0.441. The minimum Gasteiger partial charge on any atom is -0.467 e. The molecule has 0 amide bonds. The molecule has 8 heavy (non-hydrogen) atoms. The van der Waals surface area contributed by atoms with Crippen molar-refractivity contribution in [2.24, 2.45) is 0 Å². The molecule has 0 spiro atoms. The van der Waals surface area contributed by atoms with E-state index in [-0.39, 0.29) is 0 Å². The Bertz CT molecular complexity index is 94.7. The van der Waals surface area contributed by atoms with E-state index in [1.54, 1.807) is 6.92 Å². The molecule has 0 aromatic carbocycles. The SMILES string of the molecule is COC(=O)C(C)(S)S. The van der Waals surface area contributed by atoms with Gasteiger partial charge in [-0.3, -0.25) is 0 Å². The van der Waals surface area contributed by atoms with E-state index in [1.807, 2.05) is 0 Å². The lowest BCUT2D eigenvalue weighted by molar-refractivity contribution is -0.140. The largest absolute Gasteiger partial charge is 0.467 e. The van der Waals surface area contributed by atoms with Crippen LogP contribution < -0.4 is 0 Å². The summed E-state index contributed by atoms with van der Waals surface area (Å²) in [5.41, 5.74) is 0. The molecule has 0 atom stereocenters. The molecule has 0 heterocycles. The first-order valence-corrected chi connectivity index (χ1v) is 2.91. The molecule has 2 nitrogen and oxygen atoms in total. The van der Waals surface area contributed by atoms with Crippen molar-refractivity contribution in [3.63, 3.8) is 0 Å². The van der Waals surface area contributed by atoms with Crippen LogP contribution in [0, 0.1) is 0 Å². The fraction of sp³-hybridized carbons (Fsp3) is 0.750. The Morgan fingerprint density at radius 1 is 1.62 bits per heavy atom. The molecule has 0 saturated heterocycles. The maximum atomic E-state index is 10.5. The molecule has 0 fully saturated rings. The number of ether oxygens (including phenoxy) is 1. The monoisotopic (exact) mass is 152 g/mol. The van der Waals surface area contributed by atoms with Crippen LogP contribution in [0.2, 0.25) is 0 Å². The van der Waals surface area contributed by atoms with Crippen LogP contribution in [-0.4, -0.2) is 17.2 Å². The topological polar surface area (TPSA) is 26.3 Å². The van der Waals surface area contributed by atoms with Crippen LogP contribution in [0.25, 0.3) is 0 Å². The summed E-state index contributed by atoms with van der Waals surface area (Å²) in [6.45, 7) is 1.55. The molecular formula is C4H8O2S2. The number of thiol groups is 2. The second kappa shape index (κ2) is 2.64. The Morgan fingerprint density at radius 3 is 2.00 bits per heavy atom. The lowest BCUT2D eigenvalue weighted by atomic mass is 10.5. The number of rotatable bonds is 1. The summed E-state index contributed by atoms with van der Waals surface area (Å²) in [6.07, 6.45) is 0. The number of hydrogen-bond acceptors (Lipinski definition) is 4. The van der Waals surface area contributed by atoms with Crippen LogP contribution in [-0.2, 0) is 9.53 Å². The molecule has 0 radical (unpaired) electrons. The molecule has 0 aliphatic heterocycles. The number of carbonyl (C=O) groups is 1. The van der Waals surface area contributed by atoms with Crippen molar-refractivity contribution in [3.05, 3.63) is 0 Å². The third-order valence-electron chi connectivity index (χ3n) is 0.572. The van der Waals surface area contributed by atoms with Gasteiger partial charge in [0, 0.05) is 0 Å². The molecule has 48 valence electrons. The van der Waals surface area contributed by atoms with E-state index in [2.05, 4.69) is 30.0 Å². The average molecular weight is 152 g/mol. The highest BCUT2D eigenvalue weighted by Crippen LogP contribution is 2.18. The first-order valence-electron chi connectivity index (χ1n) is 2.01. The van der Waals surface area contributed by atoms with E-state index in [9.17, 15) is 4.79 Å². The van der Waals surface area contributed by atoms with Crippen LogP contribution in [0.5, 0.6) is 0 Å². The first kappa shape index (κ1) is 8.17. The fourth-order valence-electron chi connectivity index (χ4n) is 0.193. The normalized spacial score (nSPS) is 11.0. The molecule has 0 aliphatic carbocycles. The average Bonchev–Trinajstić information content (AvgIpc) is 1.62. The van der Waals surface area contributed by atoms with Gasteiger partial charge >= 0.3 is 5.97 Å². The van der Waals surface area contributed by atoms with E-state index in [1.165, 1.54) is 7.11 Å². The van der Waals surface area contributed by atoms with Gasteiger partial charge in [0.1, 0.15) is 0 Å². The zero-order valence-electron chi connectivity index (χ0n) is 4.71. The fourth-order valence-corrected chi connectivity index (χ4v) is 0.376. The van der Waals surface area contributed by atoms with Crippen LogP contribution in [0.4, 0.5) is 0 Å². The van der Waals surface area contributed by atoms with E-state index in [0.29, 0.717) is 0 Å². The molecule has 0 aromatic rings. The number of hydrogen-bond donors (Lipinski definition) is 2. The van der Waals surface area contributed by atoms with Crippen molar-refractivity contribution in [1.29, 1.82) is 0 Å². The van der Waals surface area contributed by atoms with Crippen molar-refractivity contribution in [3.8, 4) is 0 Å². The molecule has 0 N–H and O–H groups in total. The van der Waals surface area contributed by atoms with Crippen molar-refractivity contribution in [2.45, 2.75) is 11.0 Å². The van der Waals surface area contributed by atoms with Crippen LogP contribution in [0.15, 0.2) is 0 Å². The second-order valence-corrected chi connectivity index (χ2v) is 3.65. The summed E-state index contributed by atoms with van der Waals surface area (Å²) in [6, 6.07) is 0. The van der Waals surface area contributed by atoms with Crippen LogP contribution in [0.1, 0.15) is 6.92 Å². The van der Waals surface area contributed by atoms with Gasteiger partial charge in [0.25, 0.3) is 0 Å². The van der Waals surface area contributed by atoms with Gasteiger partial charge in [0.15, 0.2) is 4.08 Å². The summed E-state index contributed by atoms with van der Waals surface area (Å²) >= 11 is 7.64. The molecule has 0 unspecified atom stereocenters. The molecule has 0 aliphatic rings. The number of methoxy groups -OCH3 is 1. The highest BCUT2D eigenvalue weighted by atomic mass is 32.2. The zero-order valence-corrected chi connectivity index (χ0v) is 6.50. The first-order chi connectivity index (χ1) is 3.48. The number of esters is 1. The Morgan fingerprint density at radius 2 is 2.00 bits per heavy atom. The summed E-state index contributed by atoms with van der Waals surface area (Å²) in [5, 5.41) is 0. The van der Waals surface area contributed by atoms with Crippen molar-refractivity contribution < 1.29 is 9.53 Å².